The highest BCUT2D eigenvalue weighted by Crippen LogP contribution is 2.33. The van der Waals surface area contributed by atoms with Crippen LogP contribution in [0.5, 0.6) is 5.75 Å². The van der Waals surface area contributed by atoms with Crippen molar-refractivity contribution in [1.29, 1.82) is 0 Å². The van der Waals surface area contributed by atoms with Gasteiger partial charge in [-0.05, 0) is 17.7 Å². The monoisotopic (exact) mass is 471 g/mol. The molecule has 5 rings (SSSR count). The number of aromatic nitrogens is 3. The summed E-state index contributed by atoms with van der Waals surface area (Å²) in [5, 5.41) is 9.33. The molecule has 0 spiro atoms. The Balaban J connectivity index is 1.25. The van der Waals surface area contributed by atoms with Crippen molar-refractivity contribution in [2.75, 3.05) is 18.8 Å². The number of urea groups is 1. The molecule has 3 aromatic rings. The molecule has 176 valence electrons. The fourth-order valence-electron chi connectivity index (χ4n) is 4.04. The van der Waals surface area contributed by atoms with E-state index in [9.17, 15) is 18.0 Å². The first-order valence-corrected chi connectivity index (χ1v) is 10.5. The Kier molecular flexibility index (Phi) is 5.34. The van der Waals surface area contributed by atoms with E-state index >= 15 is 0 Å². The number of hydrogen-bond acceptors (Lipinski definition) is 6. The molecule has 0 bridgehead atoms. The van der Waals surface area contributed by atoms with Crippen molar-refractivity contribution >= 4 is 17.9 Å². The number of rotatable bonds is 4. The zero-order valence-corrected chi connectivity index (χ0v) is 18.0. The van der Waals surface area contributed by atoms with Crippen LogP contribution in [-0.2, 0) is 7.05 Å². The molecule has 0 saturated carbocycles. The molecule has 2 aromatic heterocycles. The number of nitrogens with two attached hydrogens (primary N) is 1. The van der Waals surface area contributed by atoms with Crippen molar-refractivity contribution in [3.05, 3.63) is 59.7 Å². The summed E-state index contributed by atoms with van der Waals surface area (Å²) in [6, 6.07) is 3.54. The van der Waals surface area contributed by atoms with Crippen molar-refractivity contribution in [2.45, 2.75) is 18.6 Å². The van der Waals surface area contributed by atoms with E-state index in [1.807, 2.05) is 0 Å². The first-order chi connectivity index (χ1) is 16.3. The van der Waals surface area contributed by atoms with E-state index in [1.54, 1.807) is 7.05 Å². The van der Waals surface area contributed by atoms with Crippen LogP contribution in [0.15, 0.2) is 41.8 Å². The van der Waals surface area contributed by atoms with Crippen LogP contribution in [0.2, 0.25) is 0 Å². The quantitative estimate of drug-likeness (QED) is 0.630. The maximum absolute atomic E-state index is 14.3. The lowest BCUT2D eigenvalue weighted by Crippen LogP contribution is -2.58. The minimum Gasteiger partial charge on any atom is -0.483 e. The van der Waals surface area contributed by atoms with Gasteiger partial charge in [0.2, 0.25) is 0 Å². The number of ether oxygens (including phenoxy) is 1. The third-order valence-electron chi connectivity index (χ3n) is 5.74. The number of carbonyl (C=O) groups excluding carboxylic acids is 1. The van der Waals surface area contributed by atoms with Crippen LogP contribution in [0.25, 0.3) is 11.4 Å². The van der Waals surface area contributed by atoms with Crippen molar-refractivity contribution in [2.24, 2.45) is 12.1 Å². The highest BCUT2D eigenvalue weighted by atomic mass is 19.1. The predicted molar refractivity (Wildman–Crippen MR) is 116 cm³/mol. The van der Waals surface area contributed by atoms with Gasteiger partial charge in [0.15, 0.2) is 11.6 Å². The fraction of sp³-hybridized carbons (Fsp3) is 0.273. The van der Waals surface area contributed by atoms with E-state index in [2.05, 4.69) is 15.2 Å². The third kappa shape index (κ3) is 3.91. The van der Waals surface area contributed by atoms with Crippen LogP contribution >= 0.6 is 0 Å². The van der Waals surface area contributed by atoms with Crippen molar-refractivity contribution in [3.63, 3.8) is 0 Å². The Morgan fingerprint density at radius 1 is 1.12 bits per heavy atom. The van der Waals surface area contributed by atoms with Crippen LogP contribution in [0.1, 0.15) is 18.0 Å². The number of pyridine rings is 1. The number of halogens is 3. The summed E-state index contributed by atoms with van der Waals surface area (Å²) in [7, 11) is 1.69. The van der Waals surface area contributed by atoms with Crippen molar-refractivity contribution in [1.82, 2.24) is 24.7 Å². The minimum absolute atomic E-state index is 0.0185. The molecule has 34 heavy (non-hydrogen) atoms. The van der Waals surface area contributed by atoms with Gasteiger partial charge in [-0.2, -0.15) is 10.2 Å². The maximum Gasteiger partial charge on any atom is 0.341 e. The van der Waals surface area contributed by atoms with Crippen molar-refractivity contribution < 1.29 is 22.7 Å². The Labute approximate surface area is 192 Å². The number of anilines is 1. The Hall–Kier alpha value is -4.09. The summed E-state index contributed by atoms with van der Waals surface area (Å²) in [6.07, 6.45) is 3.93. The van der Waals surface area contributed by atoms with E-state index in [0.717, 1.165) is 12.3 Å². The van der Waals surface area contributed by atoms with Crippen LogP contribution in [0.4, 0.5) is 23.7 Å². The molecule has 1 saturated heterocycles. The zero-order valence-electron chi connectivity index (χ0n) is 18.0. The second kappa shape index (κ2) is 8.36. The first-order valence-electron chi connectivity index (χ1n) is 10.5. The van der Waals surface area contributed by atoms with Crippen LogP contribution in [0.3, 0.4) is 0 Å². The number of benzene rings is 1. The van der Waals surface area contributed by atoms with Crippen molar-refractivity contribution in [3.8, 4) is 17.1 Å². The summed E-state index contributed by atoms with van der Waals surface area (Å²) in [5.74, 6) is -2.11. The second-order valence-electron chi connectivity index (χ2n) is 8.10. The van der Waals surface area contributed by atoms with E-state index in [4.69, 9.17) is 10.5 Å². The largest absolute Gasteiger partial charge is 0.483 e. The summed E-state index contributed by atoms with van der Waals surface area (Å²) in [5.41, 5.74) is 7.56. The van der Waals surface area contributed by atoms with Gasteiger partial charge in [-0.1, -0.05) is 0 Å². The lowest BCUT2D eigenvalue weighted by atomic mass is 10.0. The van der Waals surface area contributed by atoms with Gasteiger partial charge in [-0.3, -0.25) is 9.67 Å². The Bertz CT molecular complexity index is 1250. The zero-order chi connectivity index (χ0) is 24.0. The lowest BCUT2D eigenvalue weighted by Gasteiger charge is -2.41. The molecule has 1 fully saturated rings. The number of amides is 2. The topological polar surface area (TPSA) is 102 Å². The van der Waals surface area contributed by atoms with Gasteiger partial charge in [0.25, 0.3) is 0 Å². The second-order valence-corrected chi connectivity index (χ2v) is 8.10. The molecule has 2 aliphatic rings. The number of carbonyl (C=O) groups is 1. The van der Waals surface area contributed by atoms with Gasteiger partial charge in [-0.25, -0.2) is 23.0 Å². The average molecular weight is 471 g/mol. The number of nitrogen functional groups attached to an aromatic ring is 1. The molecule has 0 aliphatic carbocycles. The van der Waals surface area contributed by atoms with Crippen LogP contribution < -0.4 is 10.5 Å². The van der Waals surface area contributed by atoms with Crippen LogP contribution in [0, 0.1) is 17.5 Å². The Morgan fingerprint density at radius 2 is 1.85 bits per heavy atom. The highest BCUT2D eigenvalue weighted by Gasteiger charge is 2.39. The van der Waals surface area contributed by atoms with E-state index in [-0.39, 0.29) is 18.8 Å². The highest BCUT2D eigenvalue weighted by molar-refractivity contribution is 5.79. The van der Waals surface area contributed by atoms with E-state index in [1.165, 1.54) is 45.2 Å². The number of aryl methyl sites for hydroxylation is 1. The van der Waals surface area contributed by atoms with Crippen LogP contribution in [-0.4, -0.2) is 56.1 Å². The number of likely N-dealkylation sites (tertiary alicyclic amines) is 1. The van der Waals surface area contributed by atoms with E-state index < -0.39 is 35.6 Å². The molecule has 1 atom stereocenters. The normalized spacial score (nSPS) is 17.8. The predicted octanol–water partition coefficient (Wildman–Crippen LogP) is 3.10. The average Bonchev–Trinajstić information content (AvgIpc) is 3.37. The molecule has 2 aliphatic heterocycles. The summed E-state index contributed by atoms with van der Waals surface area (Å²) >= 11 is 0. The van der Waals surface area contributed by atoms with Gasteiger partial charge >= 0.3 is 6.03 Å². The molecule has 0 unspecified atom stereocenters. The molecule has 12 heteroatoms. The molecule has 4 heterocycles. The SMILES string of the molecule is Cn1ncc(N)c1-c1cc(OC2CN(C(=O)N3N=CC[C@H]3c3cc(F)cc(F)c3)C2)c(F)cn1. The fourth-order valence-corrected chi connectivity index (χ4v) is 4.04. The van der Waals surface area contributed by atoms with Gasteiger partial charge in [0.1, 0.15) is 23.4 Å². The molecule has 1 aromatic carbocycles. The molecular weight excluding hydrogens is 451 g/mol. The number of nitrogens with zero attached hydrogens (tertiary/aromatic N) is 6. The van der Waals surface area contributed by atoms with E-state index in [0.29, 0.717) is 29.1 Å². The lowest BCUT2D eigenvalue weighted by molar-refractivity contribution is 0.0256. The standard InChI is InChI=1S/C22H20F3N7O2/c1-30-21(17(26)9-29-30)18-7-20(16(25)8-27-18)34-15-10-31(11-15)22(33)32-19(2-3-28-32)12-4-13(23)6-14(24)5-12/h3-9,15,19H,2,10-11,26H2,1H3/t19-/m0/s1. The summed E-state index contributed by atoms with van der Waals surface area (Å²) in [6.45, 7) is 0.389. The molecule has 9 nitrogen and oxygen atoms in total. The summed E-state index contributed by atoms with van der Waals surface area (Å²) < 4.78 is 48.9. The number of hydrogen-bond donors (Lipinski definition) is 1. The maximum atomic E-state index is 14.3. The molecule has 0 radical (unpaired) electrons. The molecule has 2 amide bonds. The first kappa shape index (κ1) is 21.7. The molecular formula is C22H20F3N7O2. The van der Waals surface area contributed by atoms with Gasteiger partial charge in [0, 0.05) is 31.8 Å². The summed E-state index contributed by atoms with van der Waals surface area (Å²) in [4.78, 5) is 18.4. The van der Waals surface area contributed by atoms with Gasteiger partial charge in [0.05, 0.1) is 42.9 Å². The molecule has 2 N–H and O–H groups in total. The minimum atomic E-state index is -0.724. The van der Waals surface area contributed by atoms with Gasteiger partial charge in [-0.15, -0.1) is 0 Å². The number of hydrazone groups is 1. The smallest absolute Gasteiger partial charge is 0.341 e. The Morgan fingerprint density at radius 3 is 2.53 bits per heavy atom. The third-order valence-corrected chi connectivity index (χ3v) is 5.74. The van der Waals surface area contributed by atoms with Gasteiger partial charge < -0.3 is 15.4 Å².